The minimum atomic E-state index is -4.59. The zero-order valence-corrected chi connectivity index (χ0v) is 16.8. The fourth-order valence-corrected chi connectivity index (χ4v) is 4.28. The lowest BCUT2D eigenvalue weighted by Crippen LogP contribution is -2.57. The van der Waals surface area contributed by atoms with E-state index < -0.39 is 11.9 Å². The van der Waals surface area contributed by atoms with Crippen molar-refractivity contribution in [2.45, 2.75) is 44.4 Å². The molecular weight excluding hydrogens is 395 g/mol. The van der Waals surface area contributed by atoms with Gasteiger partial charge in [0.15, 0.2) is 0 Å². The normalized spacial score (nSPS) is 18.2. The van der Waals surface area contributed by atoms with Gasteiger partial charge in [0.05, 0.1) is 6.61 Å². The number of rotatable bonds is 3. The summed E-state index contributed by atoms with van der Waals surface area (Å²) in [6.07, 6.45) is -2.11. The lowest BCUT2D eigenvalue weighted by molar-refractivity contribution is -0.141. The molecule has 5 nitrogen and oxygen atoms in total. The summed E-state index contributed by atoms with van der Waals surface area (Å²) in [5, 5.41) is 3.65. The van der Waals surface area contributed by atoms with E-state index in [1.807, 2.05) is 12.1 Å². The average molecular weight is 419 g/mol. The number of piperidine rings is 1. The first-order valence-electron chi connectivity index (χ1n) is 10.1. The van der Waals surface area contributed by atoms with Crippen LogP contribution in [0.3, 0.4) is 0 Å². The first-order chi connectivity index (χ1) is 14.3. The van der Waals surface area contributed by atoms with Gasteiger partial charge in [-0.05, 0) is 49.4 Å². The molecule has 4 rings (SSSR count). The molecule has 1 saturated heterocycles. The van der Waals surface area contributed by atoms with Crippen molar-refractivity contribution >= 4 is 5.91 Å². The van der Waals surface area contributed by atoms with Gasteiger partial charge in [-0.3, -0.25) is 4.79 Å². The van der Waals surface area contributed by atoms with Crippen LogP contribution in [-0.2, 0) is 19.1 Å². The van der Waals surface area contributed by atoms with E-state index in [2.05, 4.69) is 22.4 Å². The predicted molar refractivity (Wildman–Crippen MR) is 105 cm³/mol. The number of nitrogens with one attached hydrogen (secondary N) is 1. The molecule has 1 fully saturated rings. The van der Waals surface area contributed by atoms with E-state index in [-0.39, 0.29) is 29.5 Å². The number of halogens is 3. The SMILES string of the molecule is CCOc1nc(C(F)(F)F)ccc1C(=O)N1CCC2(CC1)Cc1ccccc1CN2. The third-order valence-corrected chi connectivity index (χ3v) is 5.97. The monoisotopic (exact) mass is 419 g/mol. The van der Waals surface area contributed by atoms with Crippen molar-refractivity contribution in [3.8, 4) is 5.88 Å². The van der Waals surface area contributed by atoms with E-state index in [4.69, 9.17) is 4.74 Å². The van der Waals surface area contributed by atoms with Crippen LogP contribution in [0.2, 0.25) is 0 Å². The Balaban J connectivity index is 1.48. The largest absolute Gasteiger partial charge is 0.477 e. The Morgan fingerprint density at radius 2 is 1.87 bits per heavy atom. The number of ether oxygens (including phenoxy) is 1. The summed E-state index contributed by atoms with van der Waals surface area (Å²) in [6, 6.07) is 10.4. The maximum atomic E-state index is 13.0. The van der Waals surface area contributed by atoms with E-state index in [0.717, 1.165) is 31.9 Å². The molecule has 1 aromatic carbocycles. The summed E-state index contributed by atoms with van der Waals surface area (Å²) in [7, 11) is 0. The summed E-state index contributed by atoms with van der Waals surface area (Å²) in [5.41, 5.74) is 1.60. The van der Waals surface area contributed by atoms with Gasteiger partial charge < -0.3 is 15.0 Å². The number of nitrogens with zero attached hydrogens (tertiary/aromatic N) is 2. The molecule has 0 unspecified atom stereocenters. The lowest BCUT2D eigenvalue weighted by atomic mass is 9.78. The quantitative estimate of drug-likeness (QED) is 0.822. The number of likely N-dealkylation sites (tertiary alicyclic amines) is 1. The highest BCUT2D eigenvalue weighted by Crippen LogP contribution is 2.34. The second-order valence-electron chi connectivity index (χ2n) is 7.85. The second kappa shape index (κ2) is 7.91. The van der Waals surface area contributed by atoms with Crippen molar-refractivity contribution in [3.05, 3.63) is 58.8 Å². The van der Waals surface area contributed by atoms with Crippen LogP contribution in [0, 0.1) is 0 Å². The van der Waals surface area contributed by atoms with E-state index in [1.54, 1.807) is 11.8 Å². The van der Waals surface area contributed by atoms with Crippen molar-refractivity contribution in [2.24, 2.45) is 0 Å². The molecular formula is C22H24F3N3O2. The molecule has 0 atom stereocenters. The molecule has 1 spiro atoms. The highest BCUT2D eigenvalue weighted by atomic mass is 19.4. The first-order valence-corrected chi connectivity index (χ1v) is 10.1. The Hall–Kier alpha value is -2.61. The van der Waals surface area contributed by atoms with Gasteiger partial charge in [-0.15, -0.1) is 0 Å². The standard InChI is InChI=1S/C22H24F3N3O2/c1-2-30-19-17(7-8-18(27-19)22(23,24)25)20(29)28-11-9-21(10-12-28)13-15-5-3-4-6-16(15)14-26-21/h3-8,26H,2,9-14H2,1H3. The smallest absolute Gasteiger partial charge is 0.433 e. The van der Waals surface area contributed by atoms with Crippen LogP contribution in [0.25, 0.3) is 0 Å². The number of alkyl halides is 3. The van der Waals surface area contributed by atoms with Gasteiger partial charge in [-0.2, -0.15) is 13.2 Å². The minimum absolute atomic E-state index is 0.0493. The molecule has 1 N–H and O–H groups in total. The minimum Gasteiger partial charge on any atom is -0.477 e. The number of aromatic nitrogens is 1. The summed E-state index contributed by atoms with van der Waals surface area (Å²) in [5.74, 6) is -0.604. The topological polar surface area (TPSA) is 54.5 Å². The first kappa shape index (κ1) is 20.7. The summed E-state index contributed by atoms with van der Waals surface area (Å²) in [6.45, 7) is 3.64. The third-order valence-electron chi connectivity index (χ3n) is 5.97. The Morgan fingerprint density at radius 3 is 2.53 bits per heavy atom. The van der Waals surface area contributed by atoms with Gasteiger partial charge >= 0.3 is 6.18 Å². The number of fused-ring (bicyclic) bond motifs is 1. The van der Waals surface area contributed by atoms with Crippen LogP contribution in [0.5, 0.6) is 5.88 Å². The van der Waals surface area contributed by atoms with Crippen molar-refractivity contribution < 1.29 is 22.7 Å². The lowest BCUT2D eigenvalue weighted by Gasteiger charge is -2.45. The predicted octanol–water partition coefficient (Wildman–Crippen LogP) is 3.82. The molecule has 160 valence electrons. The fraction of sp³-hybridized carbons (Fsp3) is 0.455. The third kappa shape index (κ3) is 4.01. The number of hydrogen-bond acceptors (Lipinski definition) is 4. The van der Waals surface area contributed by atoms with Crippen LogP contribution in [-0.4, -0.2) is 41.0 Å². The number of carbonyl (C=O) groups is 1. The molecule has 1 amide bonds. The van der Waals surface area contributed by atoms with E-state index in [9.17, 15) is 18.0 Å². The van der Waals surface area contributed by atoms with Crippen LogP contribution < -0.4 is 10.1 Å². The number of pyridine rings is 1. The molecule has 2 aliphatic rings. The van der Waals surface area contributed by atoms with Crippen LogP contribution >= 0.6 is 0 Å². The van der Waals surface area contributed by atoms with Gasteiger partial charge in [0.25, 0.3) is 5.91 Å². The van der Waals surface area contributed by atoms with Crippen molar-refractivity contribution in [1.29, 1.82) is 0 Å². The molecule has 0 aliphatic carbocycles. The zero-order valence-electron chi connectivity index (χ0n) is 16.8. The molecule has 0 radical (unpaired) electrons. The summed E-state index contributed by atoms with van der Waals surface area (Å²) < 4.78 is 44.2. The fourth-order valence-electron chi connectivity index (χ4n) is 4.28. The average Bonchev–Trinajstić information content (AvgIpc) is 2.73. The molecule has 1 aromatic heterocycles. The van der Waals surface area contributed by atoms with Crippen LogP contribution in [0.1, 0.15) is 46.9 Å². The Labute approximate surface area is 173 Å². The van der Waals surface area contributed by atoms with Gasteiger partial charge in [-0.1, -0.05) is 24.3 Å². The zero-order chi connectivity index (χ0) is 21.4. The van der Waals surface area contributed by atoms with Crippen LogP contribution in [0.15, 0.2) is 36.4 Å². The molecule has 2 aromatic rings. The number of benzene rings is 1. The summed E-state index contributed by atoms with van der Waals surface area (Å²) in [4.78, 5) is 18.3. The second-order valence-corrected chi connectivity index (χ2v) is 7.85. The Morgan fingerprint density at radius 1 is 1.17 bits per heavy atom. The Kier molecular flexibility index (Phi) is 5.44. The molecule has 30 heavy (non-hydrogen) atoms. The maximum Gasteiger partial charge on any atom is 0.433 e. The van der Waals surface area contributed by atoms with Gasteiger partial charge in [-0.25, -0.2) is 4.98 Å². The summed E-state index contributed by atoms with van der Waals surface area (Å²) >= 11 is 0. The van der Waals surface area contributed by atoms with E-state index in [1.165, 1.54) is 17.2 Å². The maximum absolute atomic E-state index is 13.0. The van der Waals surface area contributed by atoms with Crippen molar-refractivity contribution in [1.82, 2.24) is 15.2 Å². The van der Waals surface area contributed by atoms with Gasteiger partial charge in [0, 0.05) is 25.2 Å². The highest BCUT2D eigenvalue weighted by Gasteiger charge is 2.39. The van der Waals surface area contributed by atoms with Gasteiger partial charge in [0.1, 0.15) is 11.3 Å². The van der Waals surface area contributed by atoms with E-state index >= 15 is 0 Å². The molecule has 0 bridgehead atoms. The number of carbonyl (C=O) groups excluding carboxylic acids is 1. The van der Waals surface area contributed by atoms with Gasteiger partial charge in [0.2, 0.25) is 5.88 Å². The van der Waals surface area contributed by atoms with Crippen molar-refractivity contribution in [2.75, 3.05) is 19.7 Å². The molecule has 2 aliphatic heterocycles. The number of amides is 1. The van der Waals surface area contributed by atoms with Crippen LogP contribution in [0.4, 0.5) is 13.2 Å². The number of hydrogen-bond donors (Lipinski definition) is 1. The molecule has 0 saturated carbocycles. The van der Waals surface area contributed by atoms with Crippen molar-refractivity contribution in [3.63, 3.8) is 0 Å². The van der Waals surface area contributed by atoms with E-state index in [0.29, 0.717) is 13.1 Å². The Bertz CT molecular complexity index is 937. The molecule has 8 heteroatoms. The highest BCUT2D eigenvalue weighted by molar-refractivity contribution is 5.96. The molecule has 3 heterocycles.